The van der Waals surface area contributed by atoms with Crippen LogP contribution in [0.5, 0.6) is 0 Å². The molecule has 0 radical (unpaired) electrons. The zero-order chi connectivity index (χ0) is 10.4. The average molecular weight is 185 g/mol. The Morgan fingerprint density at radius 1 is 1.23 bits per heavy atom. The maximum atomic E-state index is 11.2. The van der Waals surface area contributed by atoms with E-state index in [0.717, 1.165) is 6.42 Å². The van der Waals surface area contributed by atoms with Crippen molar-refractivity contribution in [1.29, 1.82) is 0 Å². The molecule has 78 valence electrons. The van der Waals surface area contributed by atoms with Crippen LogP contribution in [0.1, 0.15) is 40.5 Å². The van der Waals surface area contributed by atoms with E-state index in [4.69, 9.17) is 5.73 Å². The molecule has 0 heterocycles. The number of Topliss-reactive ketones (excluding diaryl/α,β-unsaturated/α-hetero) is 1. The van der Waals surface area contributed by atoms with Crippen LogP contribution in [-0.4, -0.2) is 12.3 Å². The van der Waals surface area contributed by atoms with E-state index in [9.17, 15) is 4.79 Å². The van der Waals surface area contributed by atoms with Crippen molar-refractivity contribution in [2.75, 3.05) is 6.54 Å². The Morgan fingerprint density at radius 2 is 1.77 bits per heavy atom. The first-order valence-electron chi connectivity index (χ1n) is 5.19. The summed E-state index contributed by atoms with van der Waals surface area (Å²) in [6.45, 7) is 8.94. The summed E-state index contributed by atoms with van der Waals surface area (Å²) in [5.74, 6) is 1.95. The molecule has 0 bridgehead atoms. The normalized spacial score (nSPS) is 13.8. The Balaban J connectivity index is 4.02. The smallest absolute Gasteiger partial charge is 0.146 e. The maximum Gasteiger partial charge on any atom is 0.146 e. The number of hydrogen-bond donors (Lipinski definition) is 1. The van der Waals surface area contributed by atoms with Crippen molar-refractivity contribution in [2.24, 2.45) is 23.5 Å². The Bertz CT molecular complexity index is 152. The molecule has 1 unspecified atom stereocenters. The molecular weight excluding hydrogens is 162 g/mol. The van der Waals surface area contributed by atoms with Crippen molar-refractivity contribution in [3.05, 3.63) is 0 Å². The molecule has 2 nitrogen and oxygen atoms in total. The zero-order valence-electron chi connectivity index (χ0n) is 9.34. The van der Waals surface area contributed by atoms with Crippen molar-refractivity contribution in [3.63, 3.8) is 0 Å². The minimum absolute atomic E-state index is 0.194. The van der Waals surface area contributed by atoms with E-state index in [1.165, 1.54) is 0 Å². The van der Waals surface area contributed by atoms with Crippen LogP contribution in [0, 0.1) is 17.8 Å². The van der Waals surface area contributed by atoms with Crippen LogP contribution in [-0.2, 0) is 4.79 Å². The highest BCUT2D eigenvalue weighted by molar-refractivity contribution is 5.80. The number of hydrogen-bond acceptors (Lipinski definition) is 2. The summed E-state index contributed by atoms with van der Waals surface area (Å²) in [6, 6.07) is 0. The standard InChI is InChI=1S/C11H23NO/c1-8(2)5-10(9(3)4)6-11(13)7-12/h8-10H,5-7,12H2,1-4H3. The zero-order valence-corrected chi connectivity index (χ0v) is 9.34. The summed E-state index contributed by atoms with van der Waals surface area (Å²) in [5, 5.41) is 0. The van der Waals surface area contributed by atoms with Gasteiger partial charge in [-0.3, -0.25) is 4.79 Å². The van der Waals surface area contributed by atoms with Gasteiger partial charge in [0.05, 0.1) is 6.54 Å². The highest BCUT2D eigenvalue weighted by Gasteiger charge is 2.17. The summed E-state index contributed by atoms with van der Waals surface area (Å²) in [4.78, 5) is 11.2. The third kappa shape index (κ3) is 5.81. The van der Waals surface area contributed by atoms with Crippen molar-refractivity contribution >= 4 is 5.78 Å². The predicted octanol–water partition coefficient (Wildman–Crippen LogP) is 2.22. The lowest BCUT2D eigenvalue weighted by molar-refractivity contribution is -0.119. The van der Waals surface area contributed by atoms with Crippen LogP contribution in [0.2, 0.25) is 0 Å². The van der Waals surface area contributed by atoms with Crippen molar-refractivity contribution in [2.45, 2.75) is 40.5 Å². The van der Waals surface area contributed by atoms with Gasteiger partial charge in [-0.15, -0.1) is 0 Å². The topological polar surface area (TPSA) is 43.1 Å². The van der Waals surface area contributed by atoms with Gasteiger partial charge in [0, 0.05) is 6.42 Å². The van der Waals surface area contributed by atoms with Gasteiger partial charge in [0.2, 0.25) is 0 Å². The van der Waals surface area contributed by atoms with Gasteiger partial charge in [-0.25, -0.2) is 0 Å². The van der Waals surface area contributed by atoms with Crippen LogP contribution in [0.25, 0.3) is 0 Å². The molecule has 0 saturated carbocycles. The van der Waals surface area contributed by atoms with E-state index in [0.29, 0.717) is 24.2 Å². The van der Waals surface area contributed by atoms with E-state index in [1.54, 1.807) is 0 Å². The number of carbonyl (C=O) groups excluding carboxylic acids is 1. The molecule has 0 rings (SSSR count). The molecular formula is C11H23NO. The maximum absolute atomic E-state index is 11.2. The molecule has 0 aromatic rings. The second-order valence-corrected chi connectivity index (χ2v) is 4.58. The second kappa shape index (κ2) is 6.14. The Kier molecular flexibility index (Phi) is 5.97. The first-order chi connectivity index (χ1) is 5.97. The van der Waals surface area contributed by atoms with Crippen LogP contribution < -0.4 is 5.73 Å². The second-order valence-electron chi connectivity index (χ2n) is 4.58. The molecule has 2 heteroatoms. The van der Waals surface area contributed by atoms with Crippen LogP contribution in [0.3, 0.4) is 0 Å². The Labute approximate surface area is 81.9 Å². The molecule has 0 saturated heterocycles. The minimum Gasteiger partial charge on any atom is -0.324 e. The van der Waals surface area contributed by atoms with Gasteiger partial charge in [0.25, 0.3) is 0 Å². The monoisotopic (exact) mass is 185 g/mol. The van der Waals surface area contributed by atoms with E-state index >= 15 is 0 Å². The van der Waals surface area contributed by atoms with E-state index in [-0.39, 0.29) is 12.3 Å². The Morgan fingerprint density at radius 3 is 2.08 bits per heavy atom. The van der Waals surface area contributed by atoms with Gasteiger partial charge in [0.15, 0.2) is 0 Å². The largest absolute Gasteiger partial charge is 0.324 e. The van der Waals surface area contributed by atoms with Crippen molar-refractivity contribution in [3.8, 4) is 0 Å². The molecule has 0 aromatic heterocycles. The van der Waals surface area contributed by atoms with Crippen LogP contribution >= 0.6 is 0 Å². The molecule has 0 aliphatic rings. The van der Waals surface area contributed by atoms with E-state index in [1.807, 2.05) is 0 Å². The molecule has 0 aliphatic heterocycles. The number of ketones is 1. The molecule has 2 N–H and O–H groups in total. The third-order valence-corrected chi connectivity index (χ3v) is 2.43. The lowest BCUT2D eigenvalue weighted by Gasteiger charge is -2.21. The van der Waals surface area contributed by atoms with Gasteiger partial charge in [-0.2, -0.15) is 0 Å². The first kappa shape index (κ1) is 12.6. The van der Waals surface area contributed by atoms with Gasteiger partial charge in [-0.1, -0.05) is 27.7 Å². The van der Waals surface area contributed by atoms with Crippen LogP contribution in [0.15, 0.2) is 0 Å². The van der Waals surface area contributed by atoms with Gasteiger partial charge < -0.3 is 5.73 Å². The summed E-state index contributed by atoms with van der Waals surface area (Å²) < 4.78 is 0. The molecule has 0 amide bonds. The summed E-state index contributed by atoms with van der Waals surface area (Å²) in [5.41, 5.74) is 5.30. The number of carbonyl (C=O) groups is 1. The fourth-order valence-electron chi connectivity index (χ4n) is 1.57. The van der Waals surface area contributed by atoms with Gasteiger partial charge in [0.1, 0.15) is 5.78 Å². The summed E-state index contributed by atoms with van der Waals surface area (Å²) in [6.07, 6.45) is 1.79. The SMILES string of the molecule is CC(C)CC(CC(=O)CN)C(C)C. The van der Waals surface area contributed by atoms with Crippen LogP contribution in [0.4, 0.5) is 0 Å². The summed E-state index contributed by atoms with van der Waals surface area (Å²) in [7, 11) is 0. The molecule has 13 heavy (non-hydrogen) atoms. The molecule has 1 atom stereocenters. The lowest BCUT2D eigenvalue weighted by atomic mass is 9.84. The number of nitrogens with two attached hydrogens (primary N) is 1. The summed E-state index contributed by atoms with van der Waals surface area (Å²) >= 11 is 0. The van der Waals surface area contributed by atoms with E-state index in [2.05, 4.69) is 27.7 Å². The molecule has 0 spiro atoms. The van der Waals surface area contributed by atoms with Gasteiger partial charge >= 0.3 is 0 Å². The molecule has 0 aliphatic carbocycles. The lowest BCUT2D eigenvalue weighted by Crippen LogP contribution is -2.21. The first-order valence-corrected chi connectivity index (χ1v) is 5.19. The highest BCUT2D eigenvalue weighted by Crippen LogP contribution is 2.23. The average Bonchev–Trinajstić information content (AvgIpc) is 2.02. The van der Waals surface area contributed by atoms with Gasteiger partial charge in [-0.05, 0) is 24.2 Å². The predicted molar refractivity (Wildman–Crippen MR) is 56.5 cm³/mol. The molecule has 0 fully saturated rings. The molecule has 0 aromatic carbocycles. The number of rotatable bonds is 6. The van der Waals surface area contributed by atoms with Crippen molar-refractivity contribution < 1.29 is 4.79 Å². The third-order valence-electron chi connectivity index (χ3n) is 2.43. The Hall–Kier alpha value is -0.370. The minimum atomic E-state index is 0.194. The fraction of sp³-hybridized carbons (Fsp3) is 0.909. The van der Waals surface area contributed by atoms with E-state index < -0.39 is 0 Å². The van der Waals surface area contributed by atoms with Crippen molar-refractivity contribution in [1.82, 2.24) is 0 Å². The highest BCUT2D eigenvalue weighted by atomic mass is 16.1. The quantitative estimate of drug-likeness (QED) is 0.689. The fourth-order valence-corrected chi connectivity index (χ4v) is 1.57.